The van der Waals surface area contributed by atoms with Crippen LogP contribution in [0.15, 0.2) is 48.5 Å². The van der Waals surface area contributed by atoms with Crippen LogP contribution in [0.25, 0.3) is 11.1 Å². The Morgan fingerprint density at radius 2 is 1.96 bits per heavy atom. The van der Waals surface area contributed by atoms with Gasteiger partial charge in [-0.3, -0.25) is 4.79 Å². The highest BCUT2D eigenvalue weighted by Gasteiger charge is 2.41. The molecule has 138 valence electrons. The Hall–Kier alpha value is -2.17. The summed E-state index contributed by atoms with van der Waals surface area (Å²) < 4.78 is 6.02. The molecule has 1 amide bonds. The van der Waals surface area contributed by atoms with Crippen LogP contribution in [-0.2, 0) is 16.0 Å². The fourth-order valence-corrected chi connectivity index (χ4v) is 3.33. The molecule has 4 nitrogen and oxygen atoms in total. The van der Waals surface area contributed by atoms with E-state index in [0.29, 0.717) is 19.6 Å². The first-order chi connectivity index (χ1) is 12.5. The van der Waals surface area contributed by atoms with Crippen molar-refractivity contribution < 1.29 is 9.53 Å². The molecule has 0 aliphatic carbocycles. The SMILES string of the molecule is Cc1ccc(-c2cccc(C[C@@]3(C(=O)NC(C)C)CNCCO3)c2)cc1. The van der Waals surface area contributed by atoms with Gasteiger partial charge in [-0.15, -0.1) is 0 Å². The molecule has 2 N–H and O–H groups in total. The number of aryl methyl sites for hydroxylation is 1. The van der Waals surface area contributed by atoms with E-state index in [2.05, 4.69) is 66.1 Å². The maximum Gasteiger partial charge on any atom is 0.254 e. The van der Waals surface area contributed by atoms with E-state index >= 15 is 0 Å². The Kier molecular flexibility index (Phi) is 5.74. The molecule has 0 bridgehead atoms. The summed E-state index contributed by atoms with van der Waals surface area (Å²) in [5.74, 6) is -0.0413. The minimum absolute atomic E-state index is 0.0413. The summed E-state index contributed by atoms with van der Waals surface area (Å²) in [4.78, 5) is 12.9. The molecule has 2 aromatic carbocycles. The smallest absolute Gasteiger partial charge is 0.254 e. The van der Waals surface area contributed by atoms with E-state index in [4.69, 9.17) is 4.74 Å². The summed E-state index contributed by atoms with van der Waals surface area (Å²) in [5, 5.41) is 6.34. The lowest BCUT2D eigenvalue weighted by Gasteiger charge is -2.37. The van der Waals surface area contributed by atoms with Crippen molar-refractivity contribution in [2.75, 3.05) is 19.7 Å². The summed E-state index contributed by atoms with van der Waals surface area (Å²) in [6.45, 7) is 7.88. The van der Waals surface area contributed by atoms with Crippen LogP contribution in [0.5, 0.6) is 0 Å². The topological polar surface area (TPSA) is 50.4 Å². The van der Waals surface area contributed by atoms with E-state index in [9.17, 15) is 4.79 Å². The monoisotopic (exact) mass is 352 g/mol. The van der Waals surface area contributed by atoms with Crippen LogP contribution in [0.2, 0.25) is 0 Å². The second kappa shape index (κ2) is 8.02. The van der Waals surface area contributed by atoms with Crippen LogP contribution in [0.3, 0.4) is 0 Å². The van der Waals surface area contributed by atoms with Gasteiger partial charge >= 0.3 is 0 Å². The quantitative estimate of drug-likeness (QED) is 0.869. The molecule has 26 heavy (non-hydrogen) atoms. The van der Waals surface area contributed by atoms with Crippen molar-refractivity contribution in [2.45, 2.75) is 38.8 Å². The highest BCUT2D eigenvalue weighted by atomic mass is 16.5. The number of amides is 1. The van der Waals surface area contributed by atoms with Gasteiger partial charge < -0.3 is 15.4 Å². The maximum atomic E-state index is 12.9. The van der Waals surface area contributed by atoms with Gasteiger partial charge in [0.25, 0.3) is 5.91 Å². The lowest BCUT2D eigenvalue weighted by atomic mass is 9.90. The van der Waals surface area contributed by atoms with Crippen molar-refractivity contribution in [1.29, 1.82) is 0 Å². The van der Waals surface area contributed by atoms with E-state index in [-0.39, 0.29) is 11.9 Å². The molecule has 1 heterocycles. The molecule has 4 heteroatoms. The van der Waals surface area contributed by atoms with Gasteiger partial charge in [0, 0.05) is 25.6 Å². The van der Waals surface area contributed by atoms with Crippen molar-refractivity contribution in [3.8, 4) is 11.1 Å². The van der Waals surface area contributed by atoms with E-state index in [1.807, 2.05) is 13.8 Å². The van der Waals surface area contributed by atoms with E-state index in [0.717, 1.165) is 17.7 Å². The average Bonchev–Trinajstić information content (AvgIpc) is 2.63. The first-order valence-corrected chi connectivity index (χ1v) is 9.30. The fraction of sp³-hybridized carbons (Fsp3) is 0.409. The Labute approximate surface area is 156 Å². The van der Waals surface area contributed by atoms with Gasteiger partial charge in [-0.1, -0.05) is 54.1 Å². The van der Waals surface area contributed by atoms with Crippen LogP contribution in [0, 0.1) is 6.92 Å². The molecule has 0 spiro atoms. The number of hydrogen-bond donors (Lipinski definition) is 2. The molecule has 1 aliphatic rings. The zero-order chi connectivity index (χ0) is 18.6. The third-order valence-corrected chi connectivity index (χ3v) is 4.70. The van der Waals surface area contributed by atoms with Crippen molar-refractivity contribution in [3.05, 3.63) is 59.7 Å². The number of carbonyl (C=O) groups excluding carboxylic acids is 1. The third kappa shape index (κ3) is 4.32. The second-order valence-electron chi connectivity index (χ2n) is 7.39. The highest BCUT2D eigenvalue weighted by Crippen LogP contribution is 2.25. The summed E-state index contributed by atoms with van der Waals surface area (Å²) >= 11 is 0. The molecule has 1 fully saturated rings. The number of rotatable bonds is 5. The zero-order valence-electron chi connectivity index (χ0n) is 15.8. The predicted molar refractivity (Wildman–Crippen MR) is 105 cm³/mol. The first kappa shape index (κ1) is 18.6. The highest BCUT2D eigenvalue weighted by molar-refractivity contribution is 5.86. The van der Waals surface area contributed by atoms with Crippen LogP contribution >= 0.6 is 0 Å². The Morgan fingerprint density at radius 3 is 2.62 bits per heavy atom. The minimum atomic E-state index is -0.853. The van der Waals surface area contributed by atoms with Crippen LogP contribution < -0.4 is 10.6 Å². The van der Waals surface area contributed by atoms with Gasteiger partial charge in [-0.05, 0) is 37.5 Å². The number of carbonyl (C=O) groups is 1. The largest absolute Gasteiger partial charge is 0.362 e. The fourth-order valence-electron chi connectivity index (χ4n) is 3.33. The molecule has 0 aromatic heterocycles. The van der Waals surface area contributed by atoms with E-state index in [1.165, 1.54) is 11.1 Å². The molecule has 1 aliphatic heterocycles. The number of ether oxygens (including phenoxy) is 1. The molecule has 1 atom stereocenters. The third-order valence-electron chi connectivity index (χ3n) is 4.70. The zero-order valence-corrected chi connectivity index (χ0v) is 15.8. The molecule has 2 aromatic rings. The summed E-state index contributed by atoms with van der Waals surface area (Å²) in [6, 6.07) is 17.0. The van der Waals surface area contributed by atoms with Crippen molar-refractivity contribution in [1.82, 2.24) is 10.6 Å². The number of nitrogens with one attached hydrogen (secondary N) is 2. The Morgan fingerprint density at radius 1 is 1.19 bits per heavy atom. The molecule has 0 unspecified atom stereocenters. The molecular weight excluding hydrogens is 324 g/mol. The Balaban J connectivity index is 1.86. The standard InChI is InChI=1S/C22H28N2O2/c1-16(2)24-21(25)22(15-23-11-12-26-22)14-18-5-4-6-20(13-18)19-9-7-17(3)8-10-19/h4-10,13,16,23H,11-12,14-15H2,1-3H3,(H,24,25)/t22-/m0/s1. The maximum absolute atomic E-state index is 12.9. The molecule has 0 radical (unpaired) electrons. The van der Waals surface area contributed by atoms with Gasteiger partial charge in [-0.25, -0.2) is 0 Å². The van der Waals surface area contributed by atoms with Crippen molar-refractivity contribution >= 4 is 5.91 Å². The lowest BCUT2D eigenvalue weighted by molar-refractivity contribution is -0.151. The van der Waals surface area contributed by atoms with Crippen LogP contribution in [0.4, 0.5) is 0 Å². The number of benzene rings is 2. The number of morpholine rings is 1. The number of hydrogen-bond acceptors (Lipinski definition) is 3. The summed E-state index contributed by atoms with van der Waals surface area (Å²) in [6.07, 6.45) is 0.554. The van der Waals surface area contributed by atoms with Gasteiger partial charge in [0.1, 0.15) is 0 Å². The van der Waals surface area contributed by atoms with Crippen molar-refractivity contribution in [3.63, 3.8) is 0 Å². The van der Waals surface area contributed by atoms with Gasteiger partial charge in [0.15, 0.2) is 5.60 Å². The van der Waals surface area contributed by atoms with Crippen LogP contribution in [0.1, 0.15) is 25.0 Å². The summed E-state index contributed by atoms with van der Waals surface area (Å²) in [5.41, 5.74) is 3.84. The molecule has 0 saturated carbocycles. The van der Waals surface area contributed by atoms with Crippen LogP contribution in [-0.4, -0.2) is 37.2 Å². The molecule has 3 rings (SSSR count). The van der Waals surface area contributed by atoms with Crippen molar-refractivity contribution in [2.24, 2.45) is 0 Å². The van der Waals surface area contributed by atoms with E-state index in [1.54, 1.807) is 0 Å². The minimum Gasteiger partial charge on any atom is -0.362 e. The second-order valence-corrected chi connectivity index (χ2v) is 7.39. The predicted octanol–water partition coefficient (Wildman–Crippen LogP) is 3.09. The Bertz CT molecular complexity index is 747. The molecule has 1 saturated heterocycles. The van der Waals surface area contributed by atoms with Gasteiger partial charge in [0.05, 0.1) is 6.61 Å². The summed E-state index contributed by atoms with van der Waals surface area (Å²) in [7, 11) is 0. The van der Waals surface area contributed by atoms with E-state index < -0.39 is 5.60 Å². The first-order valence-electron chi connectivity index (χ1n) is 9.30. The van der Waals surface area contributed by atoms with Gasteiger partial charge in [-0.2, -0.15) is 0 Å². The normalized spacial score (nSPS) is 20.2. The van der Waals surface area contributed by atoms with Gasteiger partial charge in [0.2, 0.25) is 0 Å². The lowest BCUT2D eigenvalue weighted by Crippen LogP contribution is -2.61. The average molecular weight is 352 g/mol. The molecular formula is C22H28N2O2.